The van der Waals surface area contributed by atoms with E-state index in [0.717, 1.165) is 6.26 Å². The molecule has 39 heavy (non-hydrogen) atoms. The number of ketones is 1. The zero-order valence-corrected chi connectivity index (χ0v) is 23.4. The monoisotopic (exact) mass is 594 g/mol. The molecule has 3 aromatic carbocycles. The highest BCUT2D eigenvalue weighted by atomic mass is 35.5. The third-order valence-electron chi connectivity index (χ3n) is 5.37. The number of anilines is 2. The maximum atomic E-state index is 13.1. The van der Waals surface area contributed by atoms with Gasteiger partial charge in [-0.2, -0.15) is 0 Å². The number of hydrogen-bond acceptors (Lipinski definition) is 8. The van der Waals surface area contributed by atoms with Gasteiger partial charge >= 0.3 is 0 Å². The van der Waals surface area contributed by atoms with Crippen molar-refractivity contribution in [2.45, 2.75) is 42.1 Å². The first-order valence-corrected chi connectivity index (χ1v) is 15.5. The molecule has 1 unspecified atom stereocenters. The van der Waals surface area contributed by atoms with E-state index in [9.17, 15) is 31.5 Å². The lowest BCUT2D eigenvalue weighted by molar-refractivity contribution is -0.135. The molecular weight excluding hydrogens is 568 g/mol. The normalized spacial score (nSPS) is 12.4. The molecule has 0 heterocycles. The summed E-state index contributed by atoms with van der Waals surface area (Å²) in [6, 6.07) is 14.4. The number of carbonyl (C=O) groups excluding carboxylic acids is 2. The van der Waals surface area contributed by atoms with Crippen LogP contribution in [0.15, 0.2) is 76.5 Å². The van der Waals surface area contributed by atoms with Crippen LogP contribution in [0.2, 0.25) is 5.02 Å². The predicted octanol–water partition coefficient (Wildman–Crippen LogP) is 4.40. The minimum atomic E-state index is -3.88. The number of sulfone groups is 1. The molecule has 3 rings (SSSR count). The average molecular weight is 595 g/mol. The molecule has 0 fully saturated rings. The summed E-state index contributed by atoms with van der Waals surface area (Å²) in [6.45, 7) is 1.89. The van der Waals surface area contributed by atoms with Crippen molar-refractivity contribution in [2.24, 2.45) is 0 Å². The van der Waals surface area contributed by atoms with Crippen LogP contribution in [0, 0.1) is 0 Å². The Morgan fingerprint density at radius 1 is 0.949 bits per heavy atom. The maximum Gasteiger partial charge on any atom is 0.273 e. The summed E-state index contributed by atoms with van der Waals surface area (Å²) in [5.41, 5.74) is 0.208. The van der Waals surface area contributed by atoms with Gasteiger partial charge in [0, 0.05) is 6.42 Å². The fourth-order valence-corrected chi connectivity index (χ4v) is 5.42. The van der Waals surface area contributed by atoms with E-state index in [0.29, 0.717) is 12.8 Å². The third kappa shape index (κ3) is 8.19. The van der Waals surface area contributed by atoms with Crippen molar-refractivity contribution in [3.05, 3.63) is 71.8 Å². The number of hydrogen-bond donors (Lipinski definition) is 3. The van der Waals surface area contributed by atoms with E-state index in [-0.39, 0.29) is 44.1 Å². The van der Waals surface area contributed by atoms with Crippen molar-refractivity contribution in [3.63, 3.8) is 0 Å². The number of phenols is 1. The third-order valence-corrected chi connectivity index (χ3v) is 8.09. The highest BCUT2D eigenvalue weighted by molar-refractivity contribution is 7.92. The van der Waals surface area contributed by atoms with Crippen LogP contribution in [0.3, 0.4) is 0 Å². The zero-order chi connectivity index (χ0) is 28.8. The summed E-state index contributed by atoms with van der Waals surface area (Å²) in [5.74, 6) is -1.34. The summed E-state index contributed by atoms with van der Waals surface area (Å²) in [5, 5.41) is 12.0. The van der Waals surface area contributed by atoms with Crippen LogP contribution in [0.5, 0.6) is 11.5 Å². The molecule has 0 aromatic heterocycles. The van der Waals surface area contributed by atoms with Gasteiger partial charge < -0.3 is 15.2 Å². The molecule has 0 saturated heterocycles. The number of sulfonamides is 1. The van der Waals surface area contributed by atoms with Crippen LogP contribution in [0.25, 0.3) is 0 Å². The van der Waals surface area contributed by atoms with Gasteiger partial charge in [-0.3, -0.25) is 14.3 Å². The standard InChI is InChI=1S/C26H27ClN2O8S2/c1-3-4-5-24(31)25(26(32)28-23-16-17(6-15-22(23)27)29-38(2,33)34)37-19-9-13-21(14-10-19)39(35,36)20-11-7-18(30)8-12-20/h6-16,25,29-30H,3-5H2,1-2H3,(H,28,32). The fourth-order valence-electron chi connectivity index (χ4n) is 3.44. The Labute approximate surface area is 231 Å². The molecule has 1 atom stereocenters. The second-order valence-electron chi connectivity index (χ2n) is 8.59. The Morgan fingerprint density at radius 2 is 1.54 bits per heavy atom. The number of halogens is 1. The largest absolute Gasteiger partial charge is 0.508 e. The molecule has 0 aliphatic rings. The maximum absolute atomic E-state index is 13.1. The quantitative estimate of drug-likeness (QED) is 0.261. The molecule has 10 nitrogen and oxygen atoms in total. The van der Waals surface area contributed by atoms with Gasteiger partial charge in [0.25, 0.3) is 5.91 Å². The van der Waals surface area contributed by atoms with Crippen LogP contribution >= 0.6 is 11.6 Å². The SMILES string of the molecule is CCCCC(=O)C(Oc1ccc(S(=O)(=O)c2ccc(O)cc2)cc1)C(=O)Nc1cc(NS(C)(=O)=O)ccc1Cl. The van der Waals surface area contributed by atoms with Gasteiger partial charge in [-0.05, 0) is 73.2 Å². The van der Waals surface area contributed by atoms with E-state index in [1.54, 1.807) is 0 Å². The molecule has 3 N–H and O–H groups in total. The Balaban J connectivity index is 1.84. The lowest BCUT2D eigenvalue weighted by atomic mass is 10.1. The van der Waals surface area contributed by atoms with E-state index in [4.69, 9.17) is 16.3 Å². The number of nitrogens with one attached hydrogen (secondary N) is 2. The Kier molecular flexibility index (Phi) is 9.59. The summed E-state index contributed by atoms with van der Waals surface area (Å²) in [4.78, 5) is 26.0. The summed E-state index contributed by atoms with van der Waals surface area (Å²) >= 11 is 6.17. The number of amides is 1. The molecule has 13 heteroatoms. The average Bonchev–Trinajstić information content (AvgIpc) is 2.87. The van der Waals surface area contributed by atoms with Crippen LogP contribution < -0.4 is 14.8 Å². The van der Waals surface area contributed by atoms with Crippen LogP contribution in [0.1, 0.15) is 26.2 Å². The van der Waals surface area contributed by atoms with Crippen LogP contribution in [-0.2, 0) is 29.4 Å². The minimum Gasteiger partial charge on any atom is -0.508 e. The van der Waals surface area contributed by atoms with E-state index in [1.807, 2.05) is 6.92 Å². The Hall–Kier alpha value is -3.61. The lowest BCUT2D eigenvalue weighted by Crippen LogP contribution is -2.40. The first-order chi connectivity index (χ1) is 18.3. The smallest absolute Gasteiger partial charge is 0.273 e. The molecule has 208 valence electrons. The molecule has 3 aromatic rings. The second-order valence-corrected chi connectivity index (χ2v) is 12.7. The number of Topliss-reactive ketones (excluding diaryl/α,β-unsaturated/α-hetero) is 1. The predicted molar refractivity (Wildman–Crippen MR) is 147 cm³/mol. The van der Waals surface area contributed by atoms with Gasteiger partial charge in [-0.1, -0.05) is 24.9 Å². The van der Waals surface area contributed by atoms with Crippen molar-refractivity contribution in [1.29, 1.82) is 0 Å². The first-order valence-electron chi connectivity index (χ1n) is 11.7. The minimum absolute atomic E-state index is 0.0227. The van der Waals surface area contributed by atoms with Crippen molar-refractivity contribution in [1.82, 2.24) is 0 Å². The molecular formula is C26H27ClN2O8S2. The summed E-state index contributed by atoms with van der Waals surface area (Å²) in [6.07, 6.45) is 0.667. The molecule has 1 amide bonds. The second kappa shape index (κ2) is 12.5. The fraction of sp³-hybridized carbons (Fsp3) is 0.231. The van der Waals surface area contributed by atoms with E-state index in [1.165, 1.54) is 66.7 Å². The number of aromatic hydroxyl groups is 1. The number of carbonyl (C=O) groups is 2. The van der Waals surface area contributed by atoms with E-state index in [2.05, 4.69) is 10.0 Å². The van der Waals surface area contributed by atoms with Gasteiger partial charge in [-0.15, -0.1) is 0 Å². The number of unbranched alkanes of at least 4 members (excludes halogenated alkanes) is 1. The summed E-state index contributed by atoms with van der Waals surface area (Å²) < 4.78 is 56.8. The number of rotatable bonds is 12. The molecule has 0 aliphatic carbocycles. The van der Waals surface area contributed by atoms with E-state index >= 15 is 0 Å². The lowest BCUT2D eigenvalue weighted by Gasteiger charge is -2.19. The highest BCUT2D eigenvalue weighted by Crippen LogP contribution is 2.28. The van der Waals surface area contributed by atoms with E-state index < -0.39 is 37.7 Å². The number of ether oxygens (including phenoxy) is 1. The number of phenolic OH excluding ortho intramolecular Hbond substituents is 1. The van der Waals surface area contributed by atoms with Crippen molar-refractivity contribution >= 4 is 54.5 Å². The van der Waals surface area contributed by atoms with Gasteiger partial charge in [0.05, 0.1) is 32.4 Å². The van der Waals surface area contributed by atoms with Crippen molar-refractivity contribution in [3.8, 4) is 11.5 Å². The molecule has 0 saturated carbocycles. The topological polar surface area (TPSA) is 156 Å². The molecule has 0 aliphatic heterocycles. The first kappa shape index (κ1) is 29.9. The molecule has 0 radical (unpaired) electrons. The molecule has 0 bridgehead atoms. The van der Waals surface area contributed by atoms with Gasteiger partial charge in [0.2, 0.25) is 26.0 Å². The Bertz CT molecular complexity index is 1560. The van der Waals surface area contributed by atoms with Crippen molar-refractivity contribution < 1.29 is 36.3 Å². The van der Waals surface area contributed by atoms with Crippen LogP contribution in [0.4, 0.5) is 11.4 Å². The zero-order valence-electron chi connectivity index (χ0n) is 21.0. The summed E-state index contributed by atoms with van der Waals surface area (Å²) in [7, 11) is -7.47. The molecule has 0 spiro atoms. The van der Waals surface area contributed by atoms with Crippen LogP contribution in [-0.4, -0.2) is 46.0 Å². The Morgan fingerprint density at radius 3 is 2.10 bits per heavy atom. The highest BCUT2D eigenvalue weighted by Gasteiger charge is 2.29. The number of benzene rings is 3. The van der Waals surface area contributed by atoms with Crippen molar-refractivity contribution in [2.75, 3.05) is 16.3 Å². The van der Waals surface area contributed by atoms with Gasteiger partial charge in [0.15, 0.2) is 5.78 Å². The van der Waals surface area contributed by atoms with Gasteiger partial charge in [0.1, 0.15) is 11.5 Å². The van der Waals surface area contributed by atoms with Gasteiger partial charge in [-0.25, -0.2) is 16.8 Å².